The average molecular weight is 359 g/mol. The lowest BCUT2D eigenvalue weighted by molar-refractivity contribution is -0.140. The van der Waals surface area contributed by atoms with Crippen molar-refractivity contribution in [2.75, 3.05) is 19.0 Å². The Bertz CT molecular complexity index is 716. The van der Waals surface area contributed by atoms with E-state index in [9.17, 15) is 18.0 Å². The molecule has 2 amide bonds. The number of methoxy groups -OCH3 is 1. The van der Waals surface area contributed by atoms with E-state index >= 15 is 0 Å². The van der Waals surface area contributed by atoms with Gasteiger partial charge in [-0.25, -0.2) is 9.78 Å². The van der Waals surface area contributed by atoms with Crippen LogP contribution in [0.5, 0.6) is 5.75 Å². The Labute approximate surface area is 140 Å². The Balaban J connectivity index is 1.86. The van der Waals surface area contributed by atoms with Gasteiger partial charge in [0.1, 0.15) is 5.75 Å². The normalized spacial score (nSPS) is 11.2. The van der Waals surface area contributed by atoms with Crippen molar-refractivity contribution in [3.8, 4) is 5.75 Å². The summed E-state index contributed by atoms with van der Waals surface area (Å²) in [5, 5.41) is 5.62. The van der Waals surface area contributed by atoms with E-state index in [2.05, 4.69) is 15.6 Å². The van der Waals surface area contributed by atoms with Gasteiger partial charge in [-0.3, -0.25) is 5.32 Å². The molecule has 130 valence electrons. The molecule has 9 heteroatoms. The van der Waals surface area contributed by atoms with Gasteiger partial charge in [0.15, 0.2) is 10.8 Å². The minimum atomic E-state index is -4.52. The molecule has 2 aromatic rings. The summed E-state index contributed by atoms with van der Waals surface area (Å²) in [4.78, 5) is 15.0. The van der Waals surface area contributed by atoms with E-state index in [1.54, 1.807) is 7.11 Å². The molecule has 0 aliphatic rings. The molecule has 0 bridgehead atoms. The monoisotopic (exact) mass is 359 g/mol. The zero-order valence-corrected chi connectivity index (χ0v) is 13.8. The number of carbonyl (C=O) groups excluding carboxylic acids is 1. The van der Waals surface area contributed by atoms with Crippen molar-refractivity contribution in [1.29, 1.82) is 0 Å². The molecule has 24 heavy (non-hydrogen) atoms. The molecule has 0 atom stereocenters. The number of ether oxygens (including phenoxy) is 1. The largest absolute Gasteiger partial charge is 0.496 e. The van der Waals surface area contributed by atoms with Gasteiger partial charge in [-0.05, 0) is 25.0 Å². The first-order valence-corrected chi connectivity index (χ1v) is 7.88. The third-order valence-electron chi connectivity index (χ3n) is 3.13. The summed E-state index contributed by atoms with van der Waals surface area (Å²) in [7, 11) is 1.56. The fourth-order valence-electron chi connectivity index (χ4n) is 2.02. The number of rotatable bonds is 5. The SMILES string of the molecule is COc1ccc(C)cc1CCNC(=O)Nc1nc(C(F)(F)F)cs1. The first-order chi connectivity index (χ1) is 11.3. The van der Waals surface area contributed by atoms with Crippen molar-refractivity contribution in [3.05, 3.63) is 40.4 Å². The number of hydrogen-bond donors (Lipinski definition) is 2. The molecule has 0 unspecified atom stereocenters. The predicted molar refractivity (Wildman–Crippen MR) is 85.6 cm³/mol. The standard InChI is InChI=1S/C15H16F3N3O2S/c1-9-3-4-11(23-2)10(7-9)5-6-19-13(22)21-14-20-12(8-24-14)15(16,17)18/h3-4,7-8H,5-6H2,1-2H3,(H2,19,20,21,22). The summed E-state index contributed by atoms with van der Waals surface area (Å²) in [6.07, 6.45) is -3.99. The molecule has 1 aromatic carbocycles. The second kappa shape index (κ2) is 7.52. The van der Waals surface area contributed by atoms with Crippen molar-refractivity contribution >= 4 is 22.5 Å². The number of alkyl halides is 3. The molecule has 0 aliphatic heterocycles. The Kier molecular flexibility index (Phi) is 5.66. The van der Waals surface area contributed by atoms with Gasteiger partial charge in [-0.2, -0.15) is 13.2 Å². The fourth-order valence-corrected chi connectivity index (χ4v) is 2.73. The smallest absolute Gasteiger partial charge is 0.434 e. The van der Waals surface area contributed by atoms with Crippen molar-refractivity contribution in [2.24, 2.45) is 0 Å². The van der Waals surface area contributed by atoms with Crippen LogP contribution in [0.1, 0.15) is 16.8 Å². The van der Waals surface area contributed by atoms with Crippen LogP contribution in [0.25, 0.3) is 0 Å². The van der Waals surface area contributed by atoms with Crippen LogP contribution in [0.15, 0.2) is 23.6 Å². The van der Waals surface area contributed by atoms with E-state index in [0.29, 0.717) is 13.0 Å². The Hall–Kier alpha value is -2.29. The lowest BCUT2D eigenvalue weighted by Gasteiger charge is -2.10. The number of hydrogen-bond acceptors (Lipinski definition) is 4. The molecule has 0 spiro atoms. The molecule has 0 saturated heterocycles. The number of aryl methyl sites for hydroxylation is 1. The third-order valence-corrected chi connectivity index (χ3v) is 3.89. The summed E-state index contributed by atoms with van der Waals surface area (Å²) >= 11 is 0.720. The van der Waals surface area contributed by atoms with Gasteiger partial charge in [0.2, 0.25) is 0 Å². The summed E-state index contributed by atoms with van der Waals surface area (Å²) < 4.78 is 42.6. The van der Waals surface area contributed by atoms with Gasteiger partial charge in [0.05, 0.1) is 7.11 Å². The van der Waals surface area contributed by atoms with Gasteiger partial charge in [0.25, 0.3) is 0 Å². The molecule has 2 rings (SSSR count). The van der Waals surface area contributed by atoms with E-state index in [1.807, 2.05) is 25.1 Å². The van der Waals surface area contributed by atoms with E-state index in [1.165, 1.54) is 0 Å². The highest BCUT2D eigenvalue weighted by Crippen LogP contribution is 2.31. The number of aromatic nitrogens is 1. The Morgan fingerprint density at radius 3 is 2.75 bits per heavy atom. The topological polar surface area (TPSA) is 63.2 Å². The van der Waals surface area contributed by atoms with Crippen LogP contribution in [0.2, 0.25) is 0 Å². The number of benzene rings is 1. The van der Waals surface area contributed by atoms with Gasteiger partial charge in [-0.1, -0.05) is 17.7 Å². The second-order valence-electron chi connectivity index (χ2n) is 4.98. The van der Waals surface area contributed by atoms with Crippen LogP contribution in [0.3, 0.4) is 0 Å². The quantitative estimate of drug-likeness (QED) is 0.853. The Morgan fingerprint density at radius 1 is 1.38 bits per heavy atom. The predicted octanol–water partition coefficient (Wildman–Crippen LogP) is 3.84. The highest BCUT2D eigenvalue weighted by atomic mass is 32.1. The average Bonchev–Trinajstić information content (AvgIpc) is 2.96. The molecule has 2 N–H and O–H groups in total. The third kappa shape index (κ3) is 4.85. The van der Waals surface area contributed by atoms with Crippen LogP contribution < -0.4 is 15.4 Å². The molecule has 1 aromatic heterocycles. The molecule has 1 heterocycles. The van der Waals surface area contributed by atoms with E-state index < -0.39 is 17.9 Å². The van der Waals surface area contributed by atoms with Crippen molar-refractivity contribution in [1.82, 2.24) is 10.3 Å². The minimum absolute atomic E-state index is 0.104. The number of amides is 2. The number of urea groups is 1. The van der Waals surface area contributed by atoms with Crippen LogP contribution >= 0.6 is 11.3 Å². The van der Waals surface area contributed by atoms with Crippen LogP contribution in [-0.2, 0) is 12.6 Å². The molecule has 0 fully saturated rings. The van der Waals surface area contributed by atoms with Gasteiger partial charge in [0, 0.05) is 11.9 Å². The summed E-state index contributed by atoms with van der Waals surface area (Å²) in [6.45, 7) is 2.26. The van der Waals surface area contributed by atoms with E-state index in [0.717, 1.165) is 33.6 Å². The van der Waals surface area contributed by atoms with Gasteiger partial charge < -0.3 is 10.1 Å². The number of halogens is 3. The highest BCUT2D eigenvalue weighted by molar-refractivity contribution is 7.13. The maximum absolute atomic E-state index is 12.4. The number of anilines is 1. The maximum atomic E-state index is 12.4. The van der Waals surface area contributed by atoms with Gasteiger partial charge >= 0.3 is 12.2 Å². The highest BCUT2D eigenvalue weighted by Gasteiger charge is 2.33. The van der Waals surface area contributed by atoms with E-state index in [-0.39, 0.29) is 5.13 Å². The lowest BCUT2D eigenvalue weighted by Crippen LogP contribution is -2.30. The Morgan fingerprint density at radius 2 is 2.12 bits per heavy atom. The zero-order valence-electron chi connectivity index (χ0n) is 13.0. The van der Waals surface area contributed by atoms with Crippen LogP contribution in [0.4, 0.5) is 23.1 Å². The van der Waals surface area contributed by atoms with Crippen molar-refractivity contribution < 1.29 is 22.7 Å². The van der Waals surface area contributed by atoms with Crippen LogP contribution in [-0.4, -0.2) is 24.7 Å². The molecular formula is C15H16F3N3O2S. The lowest BCUT2D eigenvalue weighted by atomic mass is 10.1. The molecule has 0 saturated carbocycles. The number of nitrogens with zero attached hydrogens (tertiary/aromatic N) is 1. The zero-order chi connectivity index (χ0) is 17.7. The maximum Gasteiger partial charge on any atom is 0.434 e. The molecule has 0 radical (unpaired) electrons. The fraction of sp³-hybridized carbons (Fsp3) is 0.333. The number of carbonyl (C=O) groups is 1. The van der Waals surface area contributed by atoms with E-state index in [4.69, 9.17) is 4.74 Å². The number of thiazole rings is 1. The summed E-state index contributed by atoms with van der Waals surface area (Å²) in [6, 6.07) is 5.11. The first kappa shape index (κ1) is 18.1. The number of nitrogens with one attached hydrogen (secondary N) is 2. The summed E-state index contributed by atoms with van der Waals surface area (Å²) in [5.74, 6) is 0.720. The minimum Gasteiger partial charge on any atom is -0.496 e. The van der Waals surface area contributed by atoms with Crippen molar-refractivity contribution in [3.63, 3.8) is 0 Å². The van der Waals surface area contributed by atoms with Gasteiger partial charge in [-0.15, -0.1) is 11.3 Å². The molecule has 5 nitrogen and oxygen atoms in total. The molecular weight excluding hydrogens is 343 g/mol. The second-order valence-corrected chi connectivity index (χ2v) is 5.84. The first-order valence-electron chi connectivity index (χ1n) is 7.00. The van der Waals surface area contributed by atoms with Crippen molar-refractivity contribution in [2.45, 2.75) is 19.5 Å². The summed E-state index contributed by atoms with van der Waals surface area (Å²) in [5.41, 5.74) is 0.983. The molecule has 0 aliphatic carbocycles. The van der Waals surface area contributed by atoms with Crippen LogP contribution in [0, 0.1) is 6.92 Å².